The monoisotopic (exact) mass is 217 g/mol. The standard InChI is InChI=1S/C10H7N3O3/c11-6-7-5-9(12-16-7)8-3-1-2-4-10(8)13(14)15/h1-4,7H,5H2/t7-/m1/s1. The van der Waals surface area contributed by atoms with Gasteiger partial charge in [0, 0.05) is 12.5 Å². The molecule has 1 aromatic rings. The van der Waals surface area contributed by atoms with Crippen molar-refractivity contribution in [3.05, 3.63) is 39.9 Å². The lowest BCUT2D eigenvalue weighted by Gasteiger charge is -1.99. The number of nitro benzene ring substituents is 1. The first-order valence-corrected chi connectivity index (χ1v) is 4.58. The van der Waals surface area contributed by atoms with E-state index in [1.54, 1.807) is 18.2 Å². The molecular weight excluding hydrogens is 210 g/mol. The third-order valence-electron chi connectivity index (χ3n) is 2.22. The van der Waals surface area contributed by atoms with Gasteiger partial charge >= 0.3 is 0 Å². The Morgan fingerprint density at radius 1 is 1.56 bits per heavy atom. The van der Waals surface area contributed by atoms with Crippen molar-refractivity contribution in [2.24, 2.45) is 5.16 Å². The summed E-state index contributed by atoms with van der Waals surface area (Å²) in [5.41, 5.74) is 0.826. The highest BCUT2D eigenvalue weighted by atomic mass is 16.6. The number of nitriles is 1. The number of nitrogens with zero attached hydrogens (tertiary/aromatic N) is 3. The molecule has 1 heterocycles. The molecule has 0 radical (unpaired) electrons. The molecule has 0 aliphatic carbocycles. The zero-order chi connectivity index (χ0) is 11.5. The van der Waals surface area contributed by atoms with E-state index in [0.29, 0.717) is 11.3 Å². The molecular formula is C10H7N3O3. The molecule has 0 saturated heterocycles. The van der Waals surface area contributed by atoms with E-state index >= 15 is 0 Å². The maximum atomic E-state index is 10.8. The van der Waals surface area contributed by atoms with Gasteiger partial charge in [-0.2, -0.15) is 5.26 Å². The van der Waals surface area contributed by atoms with Gasteiger partial charge in [-0.05, 0) is 6.07 Å². The molecule has 0 unspecified atom stereocenters. The lowest BCUT2D eigenvalue weighted by molar-refractivity contribution is -0.385. The largest absolute Gasteiger partial charge is 0.376 e. The van der Waals surface area contributed by atoms with E-state index in [9.17, 15) is 10.1 Å². The van der Waals surface area contributed by atoms with Crippen LogP contribution in [0.15, 0.2) is 29.4 Å². The highest BCUT2D eigenvalue weighted by Crippen LogP contribution is 2.24. The summed E-state index contributed by atoms with van der Waals surface area (Å²) >= 11 is 0. The van der Waals surface area contributed by atoms with Gasteiger partial charge in [-0.25, -0.2) is 0 Å². The Kier molecular flexibility index (Phi) is 2.52. The molecule has 6 nitrogen and oxygen atoms in total. The van der Waals surface area contributed by atoms with Crippen LogP contribution in [-0.2, 0) is 4.84 Å². The Labute approximate surface area is 90.9 Å². The first kappa shape index (κ1) is 10.1. The van der Waals surface area contributed by atoms with Crippen LogP contribution >= 0.6 is 0 Å². The Hall–Kier alpha value is -2.42. The molecule has 0 saturated carbocycles. The van der Waals surface area contributed by atoms with Gasteiger partial charge in [-0.3, -0.25) is 10.1 Å². The Bertz CT molecular complexity index is 504. The van der Waals surface area contributed by atoms with Crippen molar-refractivity contribution >= 4 is 11.4 Å². The average Bonchev–Trinajstić information content (AvgIpc) is 2.77. The van der Waals surface area contributed by atoms with Gasteiger partial charge in [-0.15, -0.1) is 0 Å². The third-order valence-corrected chi connectivity index (χ3v) is 2.22. The number of hydrogen-bond acceptors (Lipinski definition) is 5. The van der Waals surface area contributed by atoms with Gasteiger partial charge in [0.2, 0.25) is 6.10 Å². The van der Waals surface area contributed by atoms with Crippen LogP contribution in [0, 0.1) is 21.4 Å². The summed E-state index contributed by atoms with van der Waals surface area (Å²) in [7, 11) is 0. The summed E-state index contributed by atoms with van der Waals surface area (Å²) in [5.74, 6) is 0. The smallest absolute Gasteiger partial charge is 0.278 e. The quantitative estimate of drug-likeness (QED) is 0.556. The predicted molar refractivity (Wildman–Crippen MR) is 54.7 cm³/mol. The van der Waals surface area contributed by atoms with Crippen molar-refractivity contribution in [2.45, 2.75) is 12.5 Å². The van der Waals surface area contributed by atoms with E-state index in [1.807, 2.05) is 6.07 Å². The molecule has 1 aromatic carbocycles. The van der Waals surface area contributed by atoms with Crippen molar-refractivity contribution in [3.63, 3.8) is 0 Å². The molecule has 80 valence electrons. The van der Waals surface area contributed by atoms with Crippen LogP contribution in [0.3, 0.4) is 0 Å². The maximum Gasteiger partial charge on any atom is 0.278 e. The molecule has 0 aromatic heterocycles. The fraction of sp³-hybridized carbons (Fsp3) is 0.200. The second-order valence-electron chi connectivity index (χ2n) is 3.24. The Balaban J connectivity index is 2.36. The van der Waals surface area contributed by atoms with Gasteiger partial charge in [0.1, 0.15) is 6.07 Å². The first-order chi connectivity index (χ1) is 7.72. The van der Waals surface area contributed by atoms with E-state index in [2.05, 4.69) is 5.16 Å². The molecule has 6 heteroatoms. The average molecular weight is 217 g/mol. The molecule has 0 fully saturated rings. The van der Waals surface area contributed by atoms with Crippen LogP contribution in [0.25, 0.3) is 0 Å². The van der Waals surface area contributed by atoms with E-state index in [-0.39, 0.29) is 12.1 Å². The Morgan fingerprint density at radius 2 is 2.31 bits per heavy atom. The zero-order valence-electron chi connectivity index (χ0n) is 8.16. The molecule has 16 heavy (non-hydrogen) atoms. The molecule has 1 aliphatic rings. The maximum absolute atomic E-state index is 10.8. The van der Waals surface area contributed by atoms with Crippen molar-refractivity contribution in [2.75, 3.05) is 0 Å². The summed E-state index contributed by atoms with van der Waals surface area (Å²) < 4.78 is 0. The summed E-state index contributed by atoms with van der Waals surface area (Å²) in [5, 5.41) is 23.1. The minimum Gasteiger partial charge on any atom is -0.376 e. The highest BCUT2D eigenvalue weighted by molar-refractivity contribution is 6.04. The number of benzene rings is 1. The summed E-state index contributed by atoms with van der Waals surface area (Å²) in [6.45, 7) is 0. The second-order valence-corrected chi connectivity index (χ2v) is 3.24. The van der Waals surface area contributed by atoms with E-state index in [1.165, 1.54) is 6.07 Å². The van der Waals surface area contributed by atoms with Crippen LogP contribution in [-0.4, -0.2) is 16.7 Å². The minimum atomic E-state index is -0.644. The second kappa shape index (κ2) is 3.98. The number of hydrogen-bond donors (Lipinski definition) is 0. The van der Waals surface area contributed by atoms with Gasteiger partial charge in [0.05, 0.1) is 16.2 Å². The fourth-order valence-electron chi connectivity index (χ4n) is 1.48. The van der Waals surface area contributed by atoms with Crippen LogP contribution < -0.4 is 0 Å². The molecule has 0 N–H and O–H groups in total. The van der Waals surface area contributed by atoms with Crippen molar-refractivity contribution in [3.8, 4) is 6.07 Å². The lowest BCUT2D eigenvalue weighted by atomic mass is 10.0. The summed E-state index contributed by atoms with van der Waals surface area (Å²) in [4.78, 5) is 15.1. The van der Waals surface area contributed by atoms with Gasteiger partial charge in [0.25, 0.3) is 5.69 Å². The minimum absolute atomic E-state index is 0.0246. The molecule has 1 aliphatic heterocycles. The van der Waals surface area contributed by atoms with Crippen LogP contribution in [0.4, 0.5) is 5.69 Å². The number of nitro groups is 1. The van der Waals surface area contributed by atoms with Crippen LogP contribution in [0.1, 0.15) is 12.0 Å². The molecule has 1 atom stereocenters. The van der Waals surface area contributed by atoms with Crippen LogP contribution in [0.5, 0.6) is 0 Å². The predicted octanol–water partition coefficient (Wildman–Crippen LogP) is 1.61. The summed E-state index contributed by atoms with van der Waals surface area (Å²) in [6.07, 6.45) is -0.365. The van der Waals surface area contributed by atoms with Gasteiger partial charge in [-0.1, -0.05) is 17.3 Å². The molecule has 0 amide bonds. The zero-order valence-corrected chi connectivity index (χ0v) is 8.16. The number of oxime groups is 1. The topological polar surface area (TPSA) is 88.5 Å². The number of rotatable bonds is 2. The van der Waals surface area contributed by atoms with Crippen molar-refractivity contribution in [1.29, 1.82) is 5.26 Å². The van der Waals surface area contributed by atoms with E-state index in [4.69, 9.17) is 10.1 Å². The van der Waals surface area contributed by atoms with Crippen molar-refractivity contribution in [1.82, 2.24) is 0 Å². The molecule has 0 spiro atoms. The van der Waals surface area contributed by atoms with Gasteiger partial charge in [0.15, 0.2) is 0 Å². The van der Waals surface area contributed by atoms with Gasteiger partial charge < -0.3 is 4.84 Å². The Morgan fingerprint density at radius 3 is 2.94 bits per heavy atom. The van der Waals surface area contributed by atoms with Crippen LogP contribution in [0.2, 0.25) is 0 Å². The number of para-hydroxylation sites is 1. The molecule has 2 rings (SSSR count). The fourth-order valence-corrected chi connectivity index (χ4v) is 1.48. The third kappa shape index (κ3) is 1.70. The van der Waals surface area contributed by atoms with E-state index in [0.717, 1.165) is 0 Å². The highest BCUT2D eigenvalue weighted by Gasteiger charge is 2.26. The first-order valence-electron chi connectivity index (χ1n) is 4.58. The summed E-state index contributed by atoms with van der Waals surface area (Å²) in [6, 6.07) is 8.17. The lowest BCUT2D eigenvalue weighted by Crippen LogP contribution is -2.07. The van der Waals surface area contributed by atoms with Crippen molar-refractivity contribution < 1.29 is 9.76 Å². The van der Waals surface area contributed by atoms with E-state index < -0.39 is 11.0 Å². The molecule has 0 bridgehead atoms. The normalized spacial score (nSPS) is 18.4. The SMILES string of the molecule is N#C[C@H]1CC(c2ccccc2[N+](=O)[O-])=NO1.